The molecule has 0 spiro atoms. The van der Waals surface area contributed by atoms with Crippen molar-refractivity contribution in [2.75, 3.05) is 5.32 Å². The van der Waals surface area contributed by atoms with E-state index in [0.29, 0.717) is 11.3 Å². The van der Waals surface area contributed by atoms with E-state index in [4.69, 9.17) is 0 Å². The van der Waals surface area contributed by atoms with Crippen LogP contribution in [0.1, 0.15) is 31.8 Å². The molecule has 2 aromatic carbocycles. The Morgan fingerprint density at radius 3 is 2.67 bits per heavy atom. The fourth-order valence-corrected chi connectivity index (χ4v) is 3.26. The van der Waals surface area contributed by atoms with Gasteiger partial charge in [0.05, 0.1) is 23.0 Å². The summed E-state index contributed by atoms with van der Waals surface area (Å²) in [6, 6.07) is 11.8. The summed E-state index contributed by atoms with van der Waals surface area (Å²) in [6.07, 6.45) is 2.58. The summed E-state index contributed by atoms with van der Waals surface area (Å²) < 4.78 is 1.38. The van der Waals surface area contributed by atoms with Gasteiger partial charge in [0, 0.05) is 11.8 Å². The Hall–Kier alpha value is -3.81. The standard InChI is InChI=1S/C19H16N4O4/c1-11-4-2-3-5-15(11)19(23-10-12(9-20-23)18(26)27)21-16-7-6-13(24)8-14(16)17(25)22-19/h2-10,21,24H,1H3,(H,22,25)(H,26,27). The number of carbonyl (C=O) groups excluding carboxylic acids is 1. The summed E-state index contributed by atoms with van der Waals surface area (Å²) in [5, 5.41) is 29.3. The Labute approximate surface area is 154 Å². The van der Waals surface area contributed by atoms with E-state index in [2.05, 4.69) is 15.7 Å². The first-order valence-corrected chi connectivity index (χ1v) is 8.19. The maximum absolute atomic E-state index is 12.8. The third kappa shape index (κ3) is 2.58. The number of aromatic carboxylic acids is 1. The second kappa shape index (κ2) is 5.87. The Morgan fingerprint density at radius 1 is 1.19 bits per heavy atom. The maximum Gasteiger partial charge on any atom is 0.338 e. The molecule has 27 heavy (non-hydrogen) atoms. The van der Waals surface area contributed by atoms with Gasteiger partial charge < -0.3 is 20.8 Å². The number of nitrogens with one attached hydrogen (secondary N) is 2. The molecule has 0 saturated heterocycles. The number of phenolic OH excluding ortho intramolecular Hbond substituents is 1. The third-order valence-electron chi connectivity index (χ3n) is 4.57. The number of carboxylic acid groups (broad SMARTS) is 1. The van der Waals surface area contributed by atoms with Crippen molar-refractivity contribution in [3.05, 3.63) is 77.1 Å². The summed E-state index contributed by atoms with van der Waals surface area (Å²) in [4.78, 5) is 24.1. The van der Waals surface area contributed by atoms with Crippen molar-refractivity contribution in [1.29, 1.82) is 0 Å². The third-order valence-corrected chi connectivity index (χ3v) is 4.57. The number of nitrogens with zero attached hydrogens (tertiary/aromatic N) is 2. The topological polar surface area (TPSA) is 116 Å². The summed E-state index contributed by atoms with van der Waals surface area (Å²) in [7, 11) is 0. The molecule has 1 aliphatic heterocycles. The second-order valence-corrected chi connectivity index (χ2v) is 6.31. The van der Waals surface area contributed by atoms with E-state index >= 15 is 0 Å². The van der Waals surface area contributed by atoms with Crippen molar-refractivity contribution in [2.24, 2.45) is 0 Å². The van der Waals surface area contributed by atoms with Crippen molar-refractivity contribution in [3.63, 3.8) is 0 Å². The highest BCUT2D eigenvalue weighted by Crippen LogP contribution is 2.35. The normalized spacial score (nSPS) is 18.3. The van der Waals surface area contributed by atoms with E-state index in [1.165, 1.54) is 29.2 Å². The smallest absolute Gasteiger partial charge is 0.338 e. The number of aromatic hydroxyl groups is 1. The van der Waals surface area contributed by atoms with Crippen LogP contribution in [0.2, 0.25) is 0 Å². The SMILES string of the molecule is Cc1ccccc1C1(n2cc(C(=O)O)cn2)NC(=O)c2cc(O)ccc2N1. The number of amides is 1. The molecule has 8 nitrogen and oxygen atoms in total. The van der Waals surface area contributed by atoms with Crippen LogP contribution in [0.3, 0.4) is 0 Å². The zero-order valence-corrected chi connectivity index (χ0v) is 14.3. The fraction of sp³-hybridized carbons (Fsp3) is 0.105. The molecule has 4 rings (SSSR count). The van der Waals surface area contributed by atoms with Gasteiger partial charge >= 0.3 is 5.97 Å². The Kier molecular flexibility index (Phi) is 3.62. The first-order chi connectivity index (χ1) is 12.9. The van der Waals surface area contributed by atoms with E-state index in [9.17, 15) is 19.8 Å². The molecule has 0 aliphatic carbocycles. The first-order valence-electron chi connectivity index (χ1n) is 8.19. The van der Waals surface area contributed by atoms with Gasteiger partial charge in [-0.15, -0.1) is 0 Å². The van der Waals surface area contributed by atoms with Crippen LogP contribution >= 0.6 is 0 Å². The van der Waals surface area contributed by atoms with Crippen LogP contribution in [0, 0.1) is 6.92 Å². The Balaban J connectivity index is 1.95. The van der Waals surface area contributed by atoms with Gasteiger partial charge in [0.2, 0.25) is 5.79 Å². The highest BCUT2D eigenvalue weighted by atomic mass is 16.4. The van der Waals surface area contributed by atoms with Crippen LogP contribution in [-0.4, -0.2) is 31.9 Å². The number of carboxylic acids is 1. The van der Waals surface area contributed by atoms with E-state index in [1.54, 1.807) is 6.07 Å². The van der Waals surface area contributed by atoms with Crippen LogP contribution < -0.4 is 10.6 Å². The van der Waals surface area contributed by atoms with Gasteiger partial charge in [-0.25, -0.2) is 9.48 Å². The molecule has 1 aromatic heterocycles. The molecule has 1 atom stereocenters. The van der Waals surface area contributed by atoms with E-state index < -0.39 is 17.7 Å². The molecule has 1 unspecified atom stereocenters. The van der Waals surface area contributed by atoms with E-state index in [-0.39, 0.29) is 16.9 Å². The van der Waals surface area contributed by atoms with Gasteiger partial charge in [0.1, 0.15) is 5.75 Å². The van der Waals surface area contributed by atoms with E-state index in [0.717, 1.165) is 5.56 Å². The summed E-state index contributed by atoms with van der Waals surface area (Å²) >= 11 is 0. The highest BCUT2D eigenvalue weighted by Gasteiger charge is 2.43. The lowest BCUT2D eigenvalue weighted by molar-refractivity contribution is 0.0696. The molecular weight excluding hydrogens is 348 g/mol. The number of aromatic nitrogens is 2. The molecule has 0 radical (unpaired) electrons. The molecular formula is C19H16N4O4. The quantitative estimate of drug-likeness (QED) is 0.529. The fourth-order valence-electron chi connectivity index (χ4n) is 3.26. The average molecular weight is 364 g/mol. The highest BCUT2D eigenvalue weighted by molar-refractivity contribution is 6.02. The number of benzene rings is 2. The first kappa shape index (κ1) is 16.6. The van der Waals surface area contributed by atoms with Crippen molar-refractivity contribution < 1.29 is 19.8 Å². The van der Waals surface area contributed by atoms with Crippen molar-refractivity contribution in [3.8, 4) is 5.75 Å². The van der Waals surface area contributed by atoms with Crippen LogP contribution in [0.15, 0.2) is 54.9 Å². The van der Waals surface area contributed by atoms with Gasteiger partial charge in [-0.3, -0.25) is 4.79 Å². The van der Waals surface area contributed by atoms with Gasteiger partial charge in [0.25, 0.3) is 5.91 Å². The molecule has 0 fully saturated rings. The minimum atomic E-state index is -1.32. The number of hydrogen-bond donors (Lipinski definition) is 4. The van der Waals surface area contributed by atoms with E-state index in [1.807, 2.05) is 31.2 Å². The molecule has 8 heteroatoms. The zero-order chi connectivity index (χ0) is 19.2. The lowest BCUT2D eigenvalue weighted by Gasteiger charge is -2.41. The number of phenols is 1. The van der Waals surface area contributed by atoms with Crippen molar-refractivity contribution >= 4 is 17.6 Å². The number of hydrogen-bond acceptors (Lipinski definition) is 5. The maximum atomic E-state index is 12.8. The van der Waals surface area contributed by atoms with Gasteiger partial charge in [-0.2, -0.15) is 5.10 Å². The minimum absolute atomic E-state index is 0.00416. The van der Waals surface area contributed by atoms with Crippen molar-refractivity contribution in [1.82, 2.24) is 15.1 Å². The van der Waals surface area contributed by atoms with Gasteiger partial charge in [0.15, 0.2) is 0 Å². The van der Waals surface area contributed by atoms with Crippen LogP contribution in [0.4, 0.5) is 5.69 Å². The number of rotatable bonds is 3. The molecule has 0 saturated carbocycles. The molecule has 0 bridgehead atoms. The zero-order valence-electron chi connectivity index (χ0n) is 14.3. The number of carbonyl (C=O) groups is 2. The molecule has 4 N–H and O–H groups in total. The summed E-state index contributed by atoms with van der Waals surface area (Å²) in [5.74, 6) is -2.88. The molecule has 1 aliphatic rings. The molecule has 3 aromatic rings. The predicted molar refractivity (Wildman–Crippen MR) is 96.6 cm³/mol. The van der Waals surface area contributed by atoms with Crippen LogP contribution in [0.25, 0.3) is 0 Å². The molecule has 1 amide bonds. The second-order valence-electron chi connectivity index (χ2n) is 6.31. The van der Waals surface area contributed by atoms with Gasteiger partial charge in [-0.1, -0.05) is 24.3 Å². The summed E-state index contributed by atoms with van der Waals surface area (Å²) in [5.41, 5.74) is 2.35. The Morgan fingerprint density at radius 2 is 1.96 bits per heavy atom. The summed E-state index contributed by atoms with van der Waals surface area (Å²) in [6.45, 7) is 1.89. The van der Waals surface area contributed by atoms with Crippen LogP contribution in [-0.2, 0) is 5.79 Å². The Bertz CT molecular complexity index is 1080. The number of anilines is 1. The number of fused-ring (bicyclic) bond motifs is 1. The lowest BCUT2D eigenvalue weighted by atomic mass is 9.97. The molecule has 136 valence electrons. The largest absolute Gasteiger partial charge is 0.508 e. The predicted octanol–water partition coefficient (Wildman–Crippen LogP) is 2.11. The lowest BCUT2D eigenvalue weighted by Crippen LogP contribution is -2.60. The monoisotopic (exact) mass is 364 g/mol. The van der Waals surface area contributed by atoms with Gasteiger partial charge in [-0.05, 0) is 30.7 Å². The molecule has 2 heterocycles. The minimum Gasteiger partial charge on any atom is -0.508 e. The van der Waals surface area contributed by atoms with Crippen LogP contribution in [0.5, 0.6) is 5.75 Å². The number of aryl methyl sites for hydroxylation is 1. The average Bonchev–Trinajstić information content (AvgIpc) is 3.14. The van der Waals surface area contributed by atoms with Crippen molar-refractivity contribution in [2.45, 2.75) is 12.7 Å².